The van der Waals surface area contributed by atoms with E-state index in [1.165, 1.54) is 0 Å². The Balaban J connectivity index is 2.22. The normalized spacial score (nSPS) is 10.3. The number of carbonyl (C=O) groups is 1. The first-order valence-electron chi connectivity index (χ1n) is 6.43. The first kappa shape index (κ1) is 14.5. The SMILES string of the molecule is CCOc1ccccc1-c1cc(C(=O)NCCS)[nH]n1. The lowest BCUT2D eigenvalue weighted by molar-refractivity contribution is 0.0951. The summed E-state index contributed by atoms with van der Waals surface area (Å²) in [5.74, 6) is 1.16. The third-order valence-corrected chi connectivity index (χ3v) is 2.91. The van der Waals surface area contributed by atoms with Gasteiger partial charge in [-0.2, -0.15) is 17.7 Å². The zero-order valence-corrected chi connectivity index (χ0v) is 12.1. The number of nitrogens with zero attached hydrogens (tertiary/aromatic N) is 1. The fourth-order valence-electron chi connectivity index (χ4n) is 1.80. The molecule has 2 aromatic rings. The lowest BCUT2D eigenvalue weighted by Gasteiger charge is -2.07. The van der Waals surface area contributed by atoms with Gasteiger partial charge in [0.25, 0.3) is 5.91 Å². The predicted molar refractivity (Wildman–Crippen MR) is 81.4 cm³/mol. The molecule has 2 rings (SSSR count). The summed E-state index contributed by atoms with van der Waals surface area (Å²) < 4.78 is 5.56. The van der Waals surface area contributed by atoms with Gasteiger partial charge in [-0.25, -0.2) is 0 Å². The molecule has 1 heterocycles. The Morgan fingerprint density at radius 3 is 3.00 bits per heavy atom. The summed E-state index contributed by atoms with van der Waals surface area (Å²) in [7, 11) is 0. The van der Waals surface area contributed by atoms with E-state index in [2.05, 4.69) is 28.1 Å². The van der Waals surface area contributed by atoms with E-state index < -0.39 is 0 Å². The Morgan fingerprint density at radius 2 is 2.25 bits per heavy atom. The van der Waals surface area contributed by atoms with Crippen molar-refractivity contribution < 1.29 is 9.53 Å². The van der Waals surface area contributed by atoms with Gasteiger partial charge in [-0.3, -0.25) is 9.89 Å². The van der Waals surface area contributed by atoms with Crippen LogP contribution in [-0.2, 0) is 0 Å². The van der Waals surface area contributed by atoms with Gasteiger partial charge in [0.2, 0.25) is 0 Å². The molecular weight excluding hydrogens is 274 g/mol. The van der Waals surface area contributed by atoms with E-state index in [0.717, 1.165) is 11.3 Å². The van der Waals surface area contributed by atoms with Gasteiger partial charge >= 0.3 is 0 Å². The second-order valence-electron chi connectivity index (χ2n) is 4.08. The van der Waals surface area contributed by atoms with Crippen LogP contribution in [0.4, 0.5) is 0 Å². The number of amides is 1. The van der Waals surface area contributed by atoms with Crippen LogP contribution in [0, 0.1) is 0 Å². The highest BCUT2D eigenvalue weighted by Gasteiger charge is 2.13. The number of carbonyl (C=O) groups excluding carboxylic acids is 1. The molecule has 0 spiro atoms. The van der Waals surface area contributed by atoms with Crippen molar-refractivity contribution >= 4 is 18.5 Å². The van der Waals surface area contributed by atoms with Crippen molar-refractivity contribution in [2.75, 3.05) is 18.9 Å². The van der Waals surface area contributed by atoms with Gasteiger partial charge in [0.1, 0.15) is 11.4 Å². The summed E-state index contributed by atoms with van der Waals surface area (Å²) in [6.07, 6.45) is 0. The van der Waals surface area contributed by atoms with Crippen LogP contribution in [0.25, 0.3) is 11.3 Å². The summed E-state index contributed by atoms with van der Waals surface area (Å²) in [6.45, 7) is 3.03. The van der Waals surface area contributed by atoms with Crippen LogP contribution >= 0.6 is 12.6 Å². The standard InChI is InChI=1S/C14H17N3O2S/c1-2-19-13-6-4-3-5-10(13)11-9-12(17-16-11)14(18)15-7-8-20/h3-6,9,20H,2,7-8H2,1H3,(H,15,18)(H,16,17). The number of H-pyrrole nitrogens is 1. The summed E-state index contributed by atoms with van der Waals surface area (Å²) in [4.78, 5) is 11.8. The van der Waals surface area contributed by atoms with Crippen molar-refractivity contribution in [2.24, 2.45) is 0 Å². The van der Waals surface area contributed by atoms with Crippen LogP contribution < -0.4 is 10.1 Å². The van der Waals surface area contributed by atoms with E-state index in [4.69, 9.17) is 4.74 Å². The zero-order valence-electron chi connectivity index (χ0n) is 11.2. The van der Waals surface area contributed by atoms with Gasteiger partial charge in [-0.1, -0.05) is 12.1 Å². The molecule has 5 nitrogen and oxygen atoms in total. The van der Waals surface area contributed by atoms with Crippen LogP contribution in [0.1, 0.15) is 17.4 Å². The van der Waals surface area contributed by atoms with Gasteiger partial charge in [-0.15, -0.1) is 0 Å². The van der Waals surface area contributed by atoms with Crippen molar-refractivity contribution in [1.82, 2.24) is 15.5 Å². The number of nitrogens with one attached hydrogen (secondary N) is 2. The molecule has 0 aliphatic rings. The highest BCUT2D eigenvalue weighted by Crippen LogP contribution is 2.28. The Bertz CT molecular complexity index is 583. The molecule has 0 aliphatic carbocycles. The highest BCUT2D eigenvalue weighted by atomic mass is 32.1. The smallest absolute Gasteiger partial charge is 0.269 e. The molecule has 0 bridgehead atoms. The number of ether oxygens (including phenoxy) is 1. The minimum absolute atomic E-state index is 0.188. The van der Waals surface area contributed by atoms with Crippen molar-refractivity contribution in [3.05, 3.63) is 36.0 Å². The minimum atomic E-state index is -0.188. The molecule has 106 valence electrons. The van der Waals surface area contributed by atoms with Crippen molar-refractivity contribution in [3.8, 4) is 17.0 Å². The van der Waals surface area contributed by atoms with Gasteiger partial charge in [0.15, 0.2) is 0 Å². The first-order chi connectivity index (χ1) is 9.76. The fourth-order valence-corrected chi connectivity index (χ4v) is 1.91. The minimum Gasteiger partial charge on any atom is -0.493 e. The lowest BCUT2D eigenvalue weighted by atomic mass is 10.1. The van der Waals surface area contributed by atoms with E-state index in [1.54, 1.807) is 6.07 Å². The van der Waals surface area contributed by atoms with Crippen LogP contribution in [0.15, 0.2) is 30.3 Å². The molecule has 0 saturated carbocycles. The average molecular weight is 291 g/mol. The molecule has 0 unspecified atom stereocenters. The molecule has 6 heteroatoms. The monoisotopic (exact) mass is 291 g/mol. The molecule has 0 atom stereocenters. The number of hydrogen-bond acceptors (Lipinski definition) is 4. The van der Waals surface area contributed by atoms with Gasteiger partial charge in [0, 0.05) is 17.9 Å². The first-order valence-corrected chi connectivity index (χ1v) is 7.06. The van der Waals surface area contributed by atoms with E-state index in [1.807, 2.05) is 31.2 Å². The molecule has 1 aromatic carbocycles. The van der Waals surface area contributed by atoms with Crippen LogP contribution in [-0.4, -0.2) is 35.0 Å². The lowest BCUT2D eigenvalue weighted by Crippen LogP contribution is -2.25. The third kappa shape index (κ3) is 3.33. The van der Waals surface area contributed by atoms with Crippen molar-refractivity contribution in [2.45, 2.75) is 6.92 Å². The number of rotatable bonds is 6. The summed E-state index contributed by atoms with van der Waals surface area (Å²) >= 11 is 4.05. The molecule has 0 aliphatic heterocycles. The molecule has 0 saturated heterocycles. The van der Waals surface area contributed by atoms with Crippen molar-refractivity contribution in [3.63, 3.8) is 0 Å². The van der Waals surface area contributed by atoms with Gasteiger partial charge in [-0.05, 0) is 25.1 Å². The number of aromatic amines is 1. The Morgan fingerprint density at radius 1 is 1.45 bits per heavy atom. The zero-order chi connectivity index (χ0) is 14.4. The Kier molecular flexibility index (Phi) is 5.06. The summed E-state index contributed by atoms with van der Waals surface area (Å²) in [5, 5.41) is 9.65. The number of thiol groups is 1. The maximum atomic E-state index is 11.8. The maximum absolute atomic E-state index is 11.8. The molecule has 0 radical (unpaired) electrons. The van der Waals surface area contributed by atoms with Crippen molar-refractivity contribution in [1.29, 1.82) is 0 Å². The second kappa shape index (κ2) is 7.00. The fraction of sp³-hybridized carbons (Fsp3) is 0.286. The molecule has 1 amide bonds. The van der Waals surface area contributed by atoms with E-state index in [9.17, 15) is 4.79 Å². The van der Waals surface area contributed by atoms with Crippen LogP contribution in [0.5, 0.6) is 5.75 Å². The van der Waals surface area contributed by atoms with Crippen LogP contribution in [0.3, 0.4) is 0 Å². The average Bonchev–Trinajstić information content (AvgIpc) is 2.95. The van der Waals surface area contributed by atoms with E-state index in [-0.39, 0.29) is 5.91 Å². The maximum Gasteiger partial charge on any atom is 0.269 e. The van der Waals surface area contributed by atoms with Crippen LogP contribution in [0.2, 0.25) is 0 Å². The molecular formula is C14H17N3O2S. The molecule has 1 aromatic heterocycles. The summed E-state index contributed by atoms with van der Waals surface area (Å²) in [5.41, 5.74) is 1.97. The highest BCUT2D eigenvalue weighted by molar-refractivity contribution is 7.80. The number of para-hydroxylation sites is 1. The quantitative estimate of drug-likeness (QED) is 0.714. The molecule has 2 N–H and O–H groups in total. The van der Waals surface area contributed by atoms with E-state index >= 15 is 0 Å². The van der Waals surface area contributed by atoms with E-state index in [0.29, 0.717) is 30.3 Å². The largest absolute Gasteiger partial charge is 0.493 e. The second-order valence-corrected chi connectivity index (χ2v) is 4.52. The number of benzene rings is 1. The number of hydrogen-bond donors (Lipinski definition) is 3. The van der Waals surface area contributed by atoms with Gasteiger partial charge < -0.3 is 10.1 Å². The molecule has 20 heavy (non-hydrogen) atoms. The molecule has 0 fully saturated rings. The third-order valence-electron chi connectivity index (χ3n) is 2.68. The Labute approximate surface area is 123 Å². The Hall–Kier alpha value is -1.95. The van der Waals surface area contributed by atoms with Gasteiger partial charge in [0.05, 0.1) is 12.3 Å². The predicted octanol–water partition coefficient (Wildman–Crippen LogP) is 2.13. The topological polar surface area (TPSA) is 67.0 Å². The summed E-state index contributed by atoms with van der Waals surface area (Å²) in [6, 6.07) is 9.32. The number of aromatic nitrogens is 2.